The maximum Gasteiger partial charge on any atom is 0.132 e. The number of aryl methyl sites for hydroxylation is 2. The Labute approximate surface area is 112 Å². The molecule has 98 valence electrons. The molecule has 4 heteroatoms. The van der Waals surface area contributed by atoms with Crippen LogP contribution in [0.3, 0.4) is 0 Å². The van der Waals surface area contributed by atoms with Gasteiger partial charge < -0.3 is 10.3 Å². The maximum atomic E-state index is 13.6. The van der Waals surface area contributed by atoms with Crippen LogP contribution in [0.5, 0.6) is 0 Å². The van der Waals surface area contributed by atoms with Gasteiger partial charge in [0.25, 0.3) is 0 Å². The molecule has 0 atom stereocenters. The Morgan fingerprint density at radius 1 is 1.47 bits per heavy atom. The quantitative estimate of drug-likeness (QED) is 0.859. The fourth-order valence-electron chi connectivity index (χ4n) is 2.00. The van der Waals surface area contributed by atoms with E-state index in [0.29, 0.717) is 29.2 Å². The summed E-state index contributed by atoms with van der Waals surface area (Å²) >= 11 is 0. The van der Waals surface area contributed by atoms with E-state index in [2.05, 4.69) is 10.9 Å². The lowest BCUT2D eigenvalue weighted by atomic mass is 10.1. The van der Waals surface area contributed by atoms with Gasteiger partial charge in [0.2, 0.25) is 0 Å². The smallest absolute Gasteiger partial charge is 0.132 e. The molecule has 2 aromatic rings. The summed E-state index contributed by atoms with van der Waals surface area (Å²) in [6, 6.07) is 4.99. The number of nitrogens with zero attached hydrogens (tertiary/aromatic N) is 2. The Hall–Kier alpha value is -2.28. The highest BCUT2D eigenvalue weighted by Crippen LogP contribution is 2.27. The number of nitrogen functional groups attached to an aromatic ring is 1. The van der Waals surface area contributed by atoms with Crippen molar-refractivity contribution < 1.29 is 4.39 Å². The molecule has 0 spiro atoms. The normalized spacial score (nSPS) is 10.4. The minimum Gasteiger partial charge on any atom is -0.383 e. The zero-order chi connectivity index (χ0) is 14.0. The van der Waals surface area contributed by atoms with Crippen molar-refractivity contribution in [3.63, 3.8) is 0 Å². The van der Waals surface area contributed by atoms with Gasteiger partial charge in [0, 0.05) is 12.0 Å². The average Bonchev–Trinajstić information content (AvgIpc) is 2.71. The molecule has 0 saturated heterocycles. The Kier molecular flexibility index (Phi) is 3.57. The number of halogens is 1. The number of anilines is 1. The highest BCUT2D eigenvalue weighted by atomic mass is 19.1. The van der Waals surface area contributed by atoms with E-state index < -0.39 is 0 Å². The van der Waals surface area contributed by atoms with Crippen molar-refractivity contribution in [3.8, 4) is 23.6 Å². The Bertz CT molecular complexity index is 650. The highest BCUT2D eigenvalue weighted by Gasteiger charge is 2.15. The number of imidazole rings is 1. The molecule has 0 unspecified atom stereocenters. The van der Waals surface area contributed by atoms with Crippen molar-refractivity contribution >= 4 is 5.82 Å². The van der Waals surface area contributed by atoms with Gasteiger partial charge in [0.1, 0.15) is 23.2 Å². The second-order valence-electron chi connectivity index (χ2n) is 4.37. The molecule has 3 nitrogen and oxygen atoms in total. The number of nitrogens with two attached hydrogens (primary N) is 1. The second-order valence-corrected chi connectivity index (χ2v) is 4.37. The molecule has 0 radical (unpaired) electrons. The first-order valence-electron chi connectivity index (χ1n) is 6.13. The minimum atomic E-state index is -0.263. The SMILES string of the molecule is C#CCn1c(CC)nc(-c2ccc(C)c(F)c2)c1N. The molecular formula is C15H16FN3. The summed E-state index contributed by atoms with van der Waals surface area (Å²) in [4.78, 5) is 4.46. The third-order valence-corrected chi connectivity index (χ3v) is 3.10. The average molecular weight is 257 g/mol. The highest BCUT2D eigenvalue weighted by molar-refractivity contribution is 5.71. The van der Waals surface area contributed by atoms with Gasteiger partial charge in [-0.25, -0.2) is 9.37 Å². The molecule has 1 aromatic heterocycles. The second kappa shape index (κ2) is 5.15. The molecule has 0 amide bonds. The first kappa shape index (κ1) is 13.2. The van der Waals surface area contributed by atoms with Crippen LogP contribution in [0.15, 0.2) is 18.2 Å². The number of hydrogen-bond acceptors (Lipinski definition) is 2. The first-order valence-corrected chi connectivity index (χ1v) is 6.13. The molecule has 19 heavy (non-hydrogen) atoms. The van der Waals surface area contributed by atoms with Gasteiger partial charge in [0.15, 0.2) is 0 Å². The third kappa shape index (κ3) is 2.32. The monoisotopic (exact) mass is 257 g/mol. The van der Waals surface area contributed by atoms with Crippen LogP contribution in [0, 0.1) is 25.1 Å². The van der Waals surface area contributed by atoms with Crippen molar-refractivity contribution in [3.05, 3.63) is 35.4 Å². The van der Waals surface area contributed by atoms with Crippen molar-refractivity contribution in [1.29, 1.82) is 0 Å². The van der Waals surface area contributed by atoms with Crippen LogP contribution in [-0.4, -0.2) is 9.55 Å². The van der Waals surface area contributed by atoms with Crippen LogP contribution in [-0.2, 0) is 13.0 Å². The molecular weight excluding hydrogens is 241 g/mol. The zero-order valence-corrected chi connectivity index (χ0v) is 11.1. The molecule has 0 saturated carbocycles. The standard InChI is InChI=1S/C15H16FN3/c1-4-8-19-13(5-2)18-14(15(19)17)11-7-6-10(3)12(16)9-11/h1,6-7,9H,5,8,17H2,2-3H3. The number of rotatable bonds is 3. The summed E-state index contributed by atoms with van der Waals surface area (Å²) in [6.07, 6.45) is 6.05. The van der Waals surface area contributed by atoms with Gasteiger partial charge >= 0.3 is 0 Å². The lowest BCUT2D eigenvalue weighted by Crippen LogP contribution is -2.05. The van der Waals surface area contributed by atoms with Crippen LogP contribution in [0.4, 0.5) is 10.2 Å². The van der Waals surface area contributed by atoms with E-state index in [1.165, 1.54) is 6.07 Å². The van der Waals surface area contributed by atoms with Crippen molar-refractivity contribution in [2.75, 3.05) is 5.73 Å². The number of benzene rings is 1. The summed E-state index contributed by atoms with van der Waals surface area (Å²) in [6.45, 7) is 4.07. The fraction of sp³-hybridized carbons (Fsp3) is 0.267. The first-order chi connectivity index (χ1) is 9.08. The van der Waals surface area contributed by atoms with Gasteiger partial charge in [0.05, 0.1) is 6.54 Å². The van der Waals surface area contributed by atoms with E-state index in [4.69, 9.17) is 12.2 Å². The molecule has 2 N–H and O–H groups in total. The van der Waals surface area contributed by atoms with E-state index >= 15 is 0 Å². The van der Waals surface area contributed by atoms with Gasteiger partial charge in [-0.15, -0.1) is 6.42 Å². The van der Waals surface area contributed by atoms with Crippen LogP contribution in [0.1, 0.15) is 18.3 Å². The Balaban J connectivity index is 2.56. The van der Waals surface area contributed by atoms with Crippen LogP contribution >= 0.6 is 0 Å². The van der Waals surface area contributed by atoms with Crippen LogP contribution in [0.2, 0.25) is 0 Å². The van der Waals surface area contributed by atoms with Crippen molar-refractivity contribution in [2.24, 2.45) is 0 Å². The van der Waals surface area contributed by atoms with Crippen molar-refractivity contribution in [1.82, 2.24) is 9.55 Å². The Morgan fingerprint density at radius 2 is 2.21 bits per heavy atom. The van der Waals surface area contributed by atoms with Crippen molar-refractivity contribution in [2.45, 2.75) is 26.8 Å². The van der Waals surface area contributed by atoms with Gasteiger partial charge in [-0.2, -0.15) is 0 Å². The molecule has 2 rings (SSSR count). The molecule has 0 aliphatic rings. The minimum absolute atomic E-state index is 0.263. The predicted octanol–water partition coefficient (Wildman–Crippen LogP) is 2.78. The molecule has 0 bridgehead atoms. The largest absolute Gasteiger partial charge is 0.383 e. The van der Waals surface area contributed by atoms with Gasteiger partial charge in [-0.1, -0.05) is 25.0 Å². The molecule has 0 aliphatic heterocycles. The van der Waals surface area contributed by atoms with E-state index in [1.54, 1.807) is 17.6 Å². The number of aromatic nitrogens is 2. The van der Waals surface area contributed by atoms with E-state index in [-0.39, 0.29) is 5.82 Å². The summed E-state index contributed by atoms with van der Waals surface area (Å²) in [5, 5.41) is 0. The molecule has 1 aromatic carbocycles. The van der Waals surface area contributed by atoms with Gasteiger partial charge in [-0.3, -0.25) is 0 Å². The molecule has 1 heterocycles. The molecule has 0 aliphatic carbocycles. The fourth-order valence-corrected chi connectivity index (χ4v) is 2.00. The predicted molar refractivity (Wildman–Crippen MR) is 75.0 cm³/mol. The topological polar surface area (TPSA) is 43.8 Å². The number of hydrogen-bond donors (Lipinski definition) is 1. The van der Waals surface area contributed by atoms with E-state index in [9.17, 15) is 4.39 Å². The maximum absolute atomic E-state index is 13.6. The number of terminal acetylenes is 1. The lowest BCUT2D eigenvalue weighted by Gasteiger charge is -2.04. The summed E-state index contributed by atoms with van der Waals surface area (Å²) in [5.74, 6) is 3.59. The summed E-state index contributed by atoms with van der Waals surface area (Å²) in [7, 11) is 0. The van der Waals surface area contributed by atoms with Crippen LogP contribution < -0.4 is 5.73 Å². The van der Waals surface area contributed by atoms with Crippen LogP contribution in [0.25, 0.3) is 11.3 Å². The third-order valence-electron chi connectivity index (χ3n) is 3.10. The molecule has 0 fully saturated rings. The van der Waals surface area contributed by atoms with Gasteiger partial charge in [-0.05, 0) is 18.6 Å². The van der Waals surface area contributed by atoms with E-state index in [1.807, 2.05) is 13.0 Å². The summed E-state index contributed by atoms with van der Waals surface area (Å²) in [5.41, 5.74) is 7.93. The lowest BCUT2D eigenvalue weighted by molar-refractivity contribution is 0.619. The summed E-state index contributed by atoms with van der Waals surface area (Å²) < 4.78 is 15.4. The van der Waals surface area contributed by atoms with E-state index in [0.717, 1.165) is 12.2 Å². The Morgan fingerprint density at radius 3 is 2.79 bits per heavy atom. The zero-order valence-electron chi connectivity index (χ0n) is 11.1.